The Morgan fingerprint density at radius 3 is 2.32 bits per heavy atom. The summed E-state index contributed by atoms with van der Waals surface area (Å²) < 4.78 is 1.43. The first-order valence-electron chi connectivity index (χ1n) is 8.42. The number of hydrogen-bond acceptors (Lipinski definition) is 2. The normalized spacial score (nSPS) is 14.0. The van der Waals surface area contributed by atoms with E-state index in [-0.39, 0.29) is 6.03 Å². The Bertz CT molecular complexity index is 895. The highest BCUT2D eigenvalue weighted by Gasteiger charge is 2.20. The third kappa shape index (κ3) is 3.17. The van der Waals surface area contributed by atoms with Crippen LogP contribution in [-0.4, -0.2) is 33.8 Å². The van der Waals surface area contributed by atoms with Crippen molar-refractivity contribution < 1.29 is 4.79 Å². The van der Waals surface area contributed by atoms with Crippen molar-refractivity contribution in [2.45, 2.75) is 12.8 Å². The smallest absolute Gasteiger partial charge is 0.323 e. The molecule has 0 radical (unpaired) electrons. The molecule has 3 aromatic rings. The molecule has 0 N–H and O–H groups in total. The van der Waals surface area contributed by atoms with E-state index in [1.54, 1.807) is 12.4 Å². The molecule has 1 aliphatic rings. The maximum atomic E-state index is 12.4. The molecule has 1 aliphatic heterocycles. The molecule has 0 unspecified atom stereocenters. The Labute approximate surface area is 151 Å². The summed E-state index contributed by atoms with van der Waals surface area (Å²) in [6.07, 6.45) is 5.68. The molecule has 1 saturated heterocycles. The number of hydrogen-bond donors (Lipinski definition) is 0. The second-order valence-corrected chi connectivity index (χ2v) is 6.61. The lowest BCUT2D eigenvalue weighted by Gasteiger charge is -2.13. The van der Waals surface area contributed by atoms with Gasteiger partial charge in [0.2, 0.25) is 0 Å². The number of halogens is 1. The van der Waals surface area contributed by atoms with Gasteiger partial charge < -0.3 is 4.90 Å². The SMILES string of the molecule is O=C(N1CCCC1)n1cc(-c2ccc(-c3ccccc3Cl)cc2)cn1. The Morgan fingerprint density at radius 2 is 1.60 bits per heavy atom. The summed E-state index contributed by atoms with van der Waals surface area (Å²) in [5.41, 5.74) is 4.03. The summed E-state index contributed by atoms with van der Waals surface area (Å²) in [6.45, 7) is 1.64. The minimum Gasteiger partial charge on any atom is -0.323 e. The summed E-state index contributed by atoms with van der Waals surface area (Å²) in [5.74, 6) is 0. The fourth-order valence-corrected chi connectivity index (χ4v) is 3.41. The molecule has 2 aromatic carbocycles. The second kappa shape index (κ2) is 6.73. The van der Waals surface area contributed by atoms with Gasteiger partial charge in [0.25, 0.3) is 0 Å². The van der Waals surface area contributed by atoms with Crippen LogP contribution in [-0.2, 0) is 0 Å². The molecular weight excluding hydrogens is 334 g/mol. The van der Waals surface area contributed by atoms with E-state index in [9.17, 15) is 4.79 Å². The third-order valence-corrected chi connectivity index (χ3v) is 4.89. The highest BCUT2D eigenvalue weighted by Crippen LogP contribution is 2.29. The van der Waals surface area contributed by atoms with E-state index in [4.69, 9.17) is 11.6 Å². The van der Waals surface area contributed by atoms with Crippen LogP contribution in [0.5, 0.6) is 0 Å². The topological polar surface area (TPSA) is 38.1 Å². The third-order valence-electron chi connectivity index (χ3n) is 4.56. The zero-order valence-corrected chi connectivity index (χ0v) is 14.5. The monoisotopic (exact) mass is 351 g/mol. The molecule has 1 fully saturated rings. The molecule has 4 rings (SSSR count). The van der Waals surface area contributed by atoms with Gasteiger partial charge in [-0.25, -0.2) is 4.79 Å². The number of nitrogens with zero attached hydrogens (tertiary/aromatic N) is 3. The van der Waals surface area contributed by atoms with E-state index >= 15 is 0 Å². The number of amides is 1. The van der Waals surface area contributed by atoms with Gasteiger partial charge in [0.05, 0.1) is 6.20 Å². The highest BCUT2D eigenvalue weighted by atomic mass is 35.5. The van der Waals surface area contributed by atoms with Crippen LogP contribution >= 0.6 is 11.6 Å². The maximum absolute atomic E-state index is 12.4. The number of rotatable bonds is 2. The van der Waals surface area contributed by atoms with E-state index in [0.29, 0.717) is 0 Å². The average molecular weight is 352 g/mol. The van der Waals surface area contributed by atoms with Crippen LogP contribution < -0.4 is 0 Å². The predicted molar refractivity (Wildman–Crippen MR) is 99.7 cm³/mol. The van der Waals surface area contributed by atoms with Crippen LogP contribution in [0.1, 0.15) is 12.8 Å². The number of likely N-dealkylation sites (tertiary alicyclic amines) is 1. The average Bonchev–Trinajstić information content (AvgIpc) is 3.34. The van der Waals surface area contributed by atoms with E-state index in [0.717, 1.165) is 53.2 Å². The molecule has 5 heteroatoms. The van der Waals surface area contributed by atoms with Gasteiger partial charge in [0.15, 0.2) is 0 Å². The van der Waals surface area contributed by atoms with Crippen LogP contribution in [0.25, 0.3) is 22.3 Å². The van der Waals surface area contributed by atoms with E-state index < -0.39 is 0 Å². The Kier molecular flexibility index (Phi) is 4.28. The minimum atomic E-state index is -0.0450. The number of aromatic nitrogens is 2. The molecule has 0 saturated carbocycles. The highest BCUT2D eigenvalue weighted by molar-refractivity contribution is 6.33. The van der Waals surface area contributed by atoms with Gasteiger partial charge in [-0.2, -0.15) is 9.78 Å². The van der Waals surface area contributed by atoms with Crippen LogP contribution in [0.15, 0.2) is 60.9 Å². The van der Waals surface area contributed by atoms with Crippen molar-refractivity contribution in [3.63, 3.8) is 0 Å². The van der Waals surface area contributed by atoms with Crippen molar-refractivity contribution >= 4 is 17.6 Å². The van der Waals surface area contributed by atoms with Crippen LogP contribution in [0.2, 0.25) is 5.02 Å². The zero-order valence-electron chi connectivity index (χ0n) is 13.7. The molecular formula is C20H18ClN3O. The number of carbonyl (C=O) groups is 1. The molecule has 0 atom stereocenters. The first kappa shape index (κ1) is 15.9. The lowest BCUT2D eigenvalue weighted by molar-refractivity contribution is 0.207. The summed E-state index contributed by atoms with van der Waals surface area (Å²) in [7, 11) is 0. The molecule has 4 nitrogen and oxygen atoms in total. The molecule has 1 aromatic heterocycles. The molecule has 0 bridgehead atoms. The molecule has 2 heterocycles. The maximum Gasteiger partial charge on any atom is 0.344 e. The fraction of sp³-hybridized carbons (Fsp3) is 0.200. The van der Waals surface area contributed by atoms with Crippen LogP contribution in [0.3, 0.4) is 0 Å². The van der Waals surface area contributed by atoms with E-state index in [1.165, 1.54) is 4.68 Å². The van der Waals surface area contributed by atoms with Gasteiger partial charge in [-0.1, -0.05) is 54.1 Å². The minimum absolute atomic E-state index is 0.0450. The van der Waals surface area contributed by atoms with Gasteiger partial charge >= 0.3 is 6.03 Å². The molecule has 126 valence electrons. The van der Waals surface area contributed by atoms with Crippen molar-refractivity contribution in [3.05, 3.63) is 65.9 Å². The lowest BCUT2D eigenvalue weighted by Crippen LogP contribution is -2.32. The van der Waals surface area contributed by atoms with Gasteiger partial charge in [0.1, 0.15) is 0 Å². The molecule has 0 spiro atoms. The Balaban J connectivity index is 1.57. The second-order valence-electron chi connectivity index (χ2n) is 6.21. The van der Waals surface area contributed by atoms with Gasteiger partial charge in [-0.3, -0.25) is 0 Å². The number of carbonyl (C=O) groups excluding carboxylic acids is 1. The van der Waals surface area contributed by atoms with Crippen molar-refractivity contribution in [3.8, 4) is 22.3 Å². The van der Waals surface area contributed by atoms with E-state index in [1.807, 2.05) is 53.4 Å². The van der Waals surface area contributed by atoms with Crippen LogP contribution in [0.4, 0.5) is 4.79 Å². The Morgan fingerprint density at radius 1 is 0.920 bits per heavy atom. The summed E-state index contributed by atoms with van der Waals surface area (Å²) in [6, 6.07) is 15.9. The Hall–Kier alpha value is -2.59. The standard InChI is InChI=1S/C20H18ClN3O/c21-19-6-2-1-5-18(19)16-9-7-15(8-10-16)17-13-22-24(14-17)20(25)23-11-3-4-12-23/h1-2,5-10,13-14H,3-4,11-12H2. The van der Waals surface area contributed by atoms with Crippen molar-refractivity contribution in [1.29, 1.82) is 0 Å². The predicted octanol–water partition coefficient (Wildman–Crippen LogP) is 4.93. The summed E-state index contributed by atoms with van der Waals surface area (Å²) in [5, 5.41) is 4.97. The lowest BCUT2D eigenvalue weighted by atomic mass is 10.0. The molecule has 25 heavy (non-hydrogen) atoms. The molecule has 0 aliphatic carbocycles. The first-order valence-corrected chi connectivity index (χ1v) is 8.79. The van der Waals surface area contributed by atoms with Crippen molar-refractivity contribution in [2.75, 3.05) is 13.1 Å². The fourth-order valence-electron chi connectivity index (χ4n) is 3.17. The van der Waals surface area contributed by atoms with Gasteiger partial charge in [0, 0.05) is 35.4 Å². The summed E-state index contributed by atoms with van der Waals surface area (Å²) in [4.78, 5) is 14.2. The van der Waals surface area contributed by atoms with Gasteiger partial charge in [-0.05, 0) is 30.0 Å². The quantitative estimate of drug-likeness (QED) is 0.656. The van der Waals surface area contributed by atoms with Crippen molar-refractivity contribution in [2.24, 2.45) is 0 Å². The zero-order chi connectivity index (χ0) is 17.2. The van der Waals surface area contributed by atoms with Gasteiger partial charge in [-0.15, -0.1) is 0 Å². The van der Waals surface area contributed by atoms with Crippen LogP contribution in [0, 0.1) is 0 Å². The van der Waals surface area contributed by atoms with E-state index in [2.05, 4.69) is 5.10 Å². The summed E-state index contributed by atoms with van der Waals surface area (Å²) >= 11 is 6.26. The molecule has 1 amide bonds. The van der Waals surface area contributed by atoms with Crippen molar-refractivity contribution in [1.82, 2.24) is 14.7 Å². The number of benzene rings is 2. The first-order chi connectivity index (χ1) is 12.2. The largest absolute Gasteiger partial charge is 0.344 e.